The van der Waals surface area contributed by atoms with E-state index in [0.29, 0.717) is 25.1 Å². The molecule has 4 nitrogen and oxygen atoms in total. The zero-order valence-corrected chi connectivity index (χ0v) is 16.3. The first-order valence-corrected chi connectivity index (χ1v) is 9.91. The fraction of sp³-hybridized carbons (Fsp3) is 0.636. The van der Waals surface area contributed by atoms with Crippen molar-refractivity contribution < 1.29 is 14.3 Å². The highest BCUT2D eigenvalue weighted by molar-refractivity contribution is 5.98. The molecule has 2 atom stereocenters. The van der Waals surface area contributed by atoms with Gasteiger partial charge in [0.15, 0.2) is 5.78 Å². The molecule has 1 amide bonds. The number of carbonyl (C=O) groups is 2. The second-order valence-corrected chi connectivity index (χ2v) is 8.60. The van der Waals surface area contributed by atoms with Gasteiger partial charge in [-0.05, 0) is 23.8 Å². The largest absolute Gasteiger partial charge is 0.374 e. The van der Waals surface area contributed by atoms with Gasteiger partial charge in [0.05, 0.1) is 18.8 Å². The highest BCUT2D eigenvalue weighted by Crippen LogP contribution is 2.29. The molecule has 1 aliphatic carbocycles. The van der Waals surface area contributed by atoms with E-state index in [-0.39, 0.29) is 35.7 Å². The van der Waals surface area contributed by atoms with Gasteiger partial charge in [-0.1, -0.05) is 57.9 Å². The minimum absolute atomic E-state index is 0.0484. The van der Waals surface area contributed by atoms with Crippen molar-refractivity contribution >= 4 is 11.7 Å². The average Bonchev–Trinajstić information content (AvgIpc) is 2.64. The van der Waals surface area contributed by atoms with Crippen LogP contribution < -0.4 is 0 Å². The number of morpholine rings is 1. The molecule has 0 bridgehead atoms. The van der Waals surface area contributed by atoms with E-state index in [4.69, 9.17) is 4.74 Å². The lowest BCUT2D eigenvalue weighted by Gasteiger charge is -2.43. The standard InChI is InChI=1S/C22H31NO3/c1-22(2,3)17-10-8-16(9-11-17)19(24)12-13-21(25)23-14-15-26-20-7-5-4-6-18(20)23/h8-11,18,20H,4-7,12-15H2,1-3H3. The third-order valence-electron chi connectivity index (χ3n) is 5.69. The van der Waals surface area contributed by atoms with Crippen molar-refractivity contribution in [3.05, 3.63) is 35.4 Å². The van der Waals surface area contributed by atoms with Crippen LogP contribution in [0.5, 0.6) is 0 Å². The molecular formula is C22H31NO3. The van der Waals surface area contributed by atoms with Gasteiger partial charge in [-0.2, -0.15) is 0 Å². The van der Waals surface area contributed by atoms with E-state index in [9.17, 15) is 9.59 Å². The Morgan fingerprint density at radius 2 is 1.77 bits per heavy atom. The first-order valence-electron chi connectivity index (χ1n) is 9.91. The van der Waals surface area contributed by atoms with Crippen LogP contribution in [0.2, 0.25) is 0 Å². The summed E-state index contributed by atoms with van der Waals surface area (Å²) < 4.78 is 5.83. The van der Waals surface area contributed by atoms with Gasteiger partial charge in [-0.25, -0.2) is 0 Å². The van der Waals surface area contributed by atoms with Crippen molar-refractivity contribution in [3.63, 3.8) is 0 Å². The molecule has 26 heavy (non-hydrogen) atoms. The molecule has 2 aliphatic rings. The van der Waals surface area contributed by atoms with Crippen LogP contribution in [0.15, 0.2) is 24.3 Å². The Hall–Kier alpha value is -1.68. The summed E-state index contributed by atoms with van der Waals surface area (Å²) in [7, 11) is 0. The summed E-state index contributed by atoms with van der Waals surface area (Å²) in [5.41, 5.74) is 1.98. The van der Waals surface area contributed by atoms with Crippen LogP contribution in [0.25, 0.3) is 0 Å². The minimum Gasteiger partial charge on any atom is -0.374 e. The topological polar surface area (TPSA) is 46.6 Å². The molecule has 0 spiro atoms. The maximum Gasteiger partial charge on any atom is 0.223 e. The number of benzene rings is 1. The summed E-state index contributed by atoms with van der Waals surface area (Å²) in [5.74, 6) is 0.150. The van der Waals surface area contributed by atoms with E-state index in [1.807, 2.05) is 29.2 Å². The van der Waals surface area contributed by atoms with Crippen molar-refractivity contribution in [2.75, 3.05) is 13.2 Å². The molecule has 0 N–H and O–H groups in total. The summed E-state index contributed by atoms with van der Waals surface area (Å²) in [4.78, 5) is 27.1. The maximum atomic E-state index is 12.7. The SMILES string of the molecule is CC(C)(C)c1ccc(C(=O)CCC(=O)N2CCOC3CCCCC32)cc1. The number of amides is 1. The smallest absolute Gasteiger partial charge is 0.223 e. The minimum atomic E-state index is 0.0484. The average molecular weight is 357 g/mol. The number of hydrogen-bond donors (Lipinski definition) is 0. The van der Waals surface area contributed by atoms with Gasteiger partial charge < -0.3 is 9.64 Å². The molecule has 3 rings (SSSR count). The molecule has 1 heterocycles. The van der Waals surface area contributed by atoms with E-state index in [1.54, 1.807) is 0 Å². The number of fused-ring (bicyclic) bond motifs is 1. The van der Waals surface area contributed by atoms with Crippen LogP contribution in [0.1, 0.15) is 75.2 Å². The van der Waals surface area contributed by atoms with E-state index in [1.165, 1.54) is 12.0 Å². The molecule has 1 aromatic carbocycles. The summed E-state index contributed by atoms with van der Waals surface area (Å²) in [6, 6.07) is 8.03. The van der Waals surface area contributed by atoms with Crippen molar-refractivity contribution in [2.45, 2.75) is 76.9 Å². The predicted molar refractivity (Wildman–Crippen MR) is 102 cm³/mol. The number of ether oxygens (including phenoxy) is 1. The molecule has 1 saturated carbocycles. The summed E-state index contributed by atoms with van der Waals surface area (Å²) in [6.45, 7) is 7.75. The van der Waals surface area contributed by atoms with Crippen molar-refractivity contribution in [1.82, 2.24) is 4.90 Å². The van der Waals surface area contributed by atoms with E-state index in [0.717, 1.165) is 19.3 Å². The summed E-state index contributed by atoms with van der Waals surface area (Å²) >= 11 is 0. The number of carbonyl (C=O) groups excluding carboxylic acids is 2. The van der Waals surface area contributed by atoms with E-state index >= 15 is 0 Å². The van der Waals surface area contributed by atoms with Gasteiger partial charge in [0.25, 0.3) is 0 Å². The van der Waals surface area contributed by atoms with Gasteiger partial charge in [0.1, 0.15) is 0 Å². The lowest BCUT2D eigenvalue weighted by atomic mass is 9.86. The van der Waals surface area contributed by atoms with Gasteiger partial charge in [0, 0.05) is 24.9 Å². The van der Waals surface area contributed by atoms with Gasteiger partial charge >= 0.3 is 0 Å². The first-order chi connectivity index (χ1) is 12.4. The van der Waals surface area contributed by atoms with E-state index < -0.39 is 0 Å². The lowest BCUT2D eigenvalue weighted by molar-refractivity contribution is -0.149. The fourth-order valence-electron chi connectivity index (χ4n) is 4.07. The van der Waals surface area contributed by atoms with Crippen LogP contribution in [0, 0.1) is 0 Å². The first kappa shape index (κ1) is 19.1. The Morgan fingerprint density at radius 3 is 2.46 bits per heavy atom. The molecule has 0 aromatic heterocycles. The monoisotopic (exact) mass is 357 g/mol. The van der Waals surface area contributed by atoms with Crippen LogP contribution >= 0.6 is 0 Å². The number of hydrogen-bond acceptors (Lipinski definition) is 3. The van der Waals surface area contributed by atoms with Gasteiger partial charge in [-0.3, -0.25) is 9.59 Å². The molecule has 1 saturated heterocycles. The molecule has 1 aromatic rings. The summed E-state index contributed by atoms with van der Waals surface area (Å²) in [6.07, 6.45) is 5.19. The Balaban J connectivity index is 1.56. The normalized spacial score (nSPS) is 23.4. The molecule has 2 fully saturated rings. The number of nitrogens with zero attached hydrogens (tertiary/aromatic N) is 1. The predicted octanol–water partition coefficient (Wildman–Crippen LogP) is 4.12. The second kappa shape index (κ2) is 7.91. The fourth-order valence-corrected chi connectivity index (χ4v) is 4.07. The van der Waals surface area contributed by atoms with Crippen molar-refractivity contribution in [2.24, 2.45) is 0 Å². The molecular weight excluding hydrogens is 326 g/mol. The van der Waals surface area contributed by atoms with Crippen molar-refractivity contribution in [3.8, 4) is 0 Å². The van der Waals surface area contributed by atoms with Crippen LogP contribution in [-0.4, -0.2) is 41.9 Å². The highest BCUT2D eigenvalue weighted by atomic mass is 16.5. The Labute approximate surface area is 156 Å². The third kappa shape index (κ3) is 4.35. The molecule has 4 heteroatoms. The summed E-state index contributed by atoms with van der Waals surface area (Å²) in [5, 5.41) is 0. The highest BCUT2D eigenvalue weighted by Gasteiger charge is 2.36. The van der Waals surface area contributed by atoms with E-state index in [2.05, 4.69) is 20.8 Å². The van der Waals surface area contributed by atoms with Crippen LogP contribution in [0.4, 0.5) is 0 Å². The lowest BCUT2D eigenvalue weighted by Crippen LogP contribution is -2.54. The Kier molecular flexibility index (Phi) is 5.81. The van der Waals surface area contributed by atoms with Crippen molar-refractivity contribution in [1.29, 1.82) is 0 Å². The number of ketones is 1. The van der Waals surface area contributed by atoms with Crippen LogP contribution in [-0.2, 0) is 14.9 Å². The zero-order valence-electron chi connectivity index (χ0n) is 16.3. The zero-order chi connectivity index (χ0) is 18.7. The third-order valence-corrected chi connectivity index (χ3v) is 5.69. The molecule has 0 radical (unpaired) electrons. The maximum absolute atomic E-state index is 12.7. The number of rotatable bonds is 4. The van der Waals surface area contributed by atoms with Gasteiger partial charge in [-0.15, -0.1) is 0 Å². The Morgan fingerprint density at radius 1 is 1.08 bits per heavy atom. The Bertz CT molecular complexity index is 642. The van der Waals surface area contributed by atoms with Crippen LogP contribution in [0.3, 0.4) is 0 Å². The second-order valence-electron chi connectivity index (χ2n) is 8.60. The number of Topliss-reactive ketones (excluding diaryl/α,β-unsaturated/α-hetero) is 1. The molecule has 1 aliphatic heterocycles. The molecule has 142 valence electrons. The molecule has 2 unspecified atom stereocenters. The van der Waals surface area contributed by atoms with Gasteiger partial charge in [0.2, 0.25) is 5.91 Å². The quantitative estimate of drug-likeness (QED) is 0.762.